The van der Waals surface area contributed by atoms with Crippen molar-refractivity contribution in [2.45, 2.75) is 6.54 Å². The minimum atomic E-state index is -0.422. The minimum Gasteiger partial charge on any atom is -0.468 e. The molecule has 0 bridgehead atoms. The van der Waals surface area contributed by atoms with Crippen LogP contribution in [-0.2, 0) is 16.1 Å². The van der Waals surface area contributed by atoms with Crippen molar-refractivity contribution in [1.82, 2.24) is 4.57 Å². The molecule has 0 saturated carbocycles. The second-order valence-electron chi connectivity index (χ2n) is 6.02. The van der Waals surface area contributed by atoms with E-state index in [0.717, 1.165) is 15.9 Å². The molecular weight excluding hydrogens is 386 g/mol. The number of carbonyl (C=O) groups is 2. The van der Waals surface area contributed by atoms with Crippen LogP contribution < -0.4 is 9.70 Å². The lowest BCUT2D eigenvalue weighted by molar-refractivity contribution is -0.141. The van der Waals surface area contributed by atoms with Crippen molar-refractivity contribution in [2.24, 2.45) is 4.99 Å². The number of rotatable bonds is 4. The molecule has 3 aromatic rings. The molecule has 0 spiro atoms. The first-order valence-electron chi connectivity index (χ1n) is 8.11. The molecule has 1 heterocycles. The third kappa shape index (κ3) is 4.20. The van der Waals surface area contributed by atoms with Gasteiger partial charge in [0.25, 0.3) is 5.91 Å². The lowest BCUT2D eigenvalue weighted by Gasteiger charge is -2.11. The summed E-state index contributed by atoms with van der Waals surface area (Å²) in [5.41, 5.74) is 2.23. The number of nitrogens with zero attached hydrogens (tertiary/aromatic N) is 3. The number of benzene rings is 2. The van der Waals surface area contributed by atoms with Crippen molar-refractivity contribution in [3.05, 3.63) is 57.9 Å². The molecule has 0 N–H and O–H groups in total. The van der Waals surface area contributed by atoms with E-state index in [1.807, 2.05) is 31.1 Å². The quantitative estimate of drug-likeness (QED) is 0.627. The predicted molar refractivity (Wildman–Crippen MR) is 108 cm³/mol. The number of thiazole rings is 1. The van der Waals surface area contributed by atoms with Gasteiger partial charge in [-0.05, 0) is 42.5 Å². The number of ether oxygens (including phenoxy) is 1. The first kappa shape index (κ1) is 19.1. The molecule has 6 nitrogen and oxygen atoms in total. The van der Waals surface area contributed by atoms with Crippen LogP contribution in [0.1, 0.15) is 10.4 Å². The second-order valence-corrected chi connectivity index (χ2v) is 7.46. The van der Waals surface area contributed by atoms with Gasteiger partial charge in [-0.2, -0.15) is 4.99 Å². The van der Waals surface area contributed by atoms with Gasteiger partial charge >= 0.3 is 5.97 Å². The number of methoxy groups -OCH3 is 1. The number of amides is 1. The lowest BCUT2D eigenvalue weighted by Crippen LogP contribution is -2.22. The van der Waals surface area contributed by atoms with E-state index in [1.165, 1.54) is 18.4 Å². The summed E-state index contributed by atoms with van der Waals surface area (Å²) >= 11 is 7.36. The maximum absolute atomic E-state index is 12.6. The second kappa shape index (κ2) is 7.94. The molecule has 8 heteroatoms. The van der Waals surface area contributed by atoms with Crippen LogP contribution in [0.2, 0.25) is 5.02 Å². The number of anilines is 1. The molecule has 0 fully saturated rings. The van der Waals surface area contributed by atoms with E-state index in [-0.39, 0.29) is 12.5 Å². The predicted octanol–water partition coefficient (Wildman–Crippen LogP) is 3.34. The van der Waals surface area contributed by atoms with Crippen LogP contribution in [0.4, 0.5) is 5.69 Å². The van der Waals surface area contributed by atoms with Crippen LogP contribution in [0.15, 0.2) is 47.5 Å². The number of fused-ring (bicyclic) bond motifs is 1. The highest BCUT2D eigenvalue weighted by Crippen LogP contribution is 2.22. The van der Waals surface area contributed by atoms with Gasteiger partial charge in [0.05, 0.1) is 17.3 Å². The van der Waals surface area contributed by atoms with Gasteiger partial charge in [-0.3, -0.25) is 9.59 Å². The SMILES string of the molecule is COC(=O)Cn1c(=NC(=O)c2ccc(N(C)C)cc2)sc2cc(Cl)ccc21. The fourth-order valence-electron chi connectivity index (χ4n) is 2.53. The molecule has 140 valence electrons. The van der Waals surface area contributed by atoms with Gasteiger partial charge in [-0.25, -0.2) is 0 Å². The van der Waals surface area contributed by atoms with E-state index in [0.29, 0.717) is 15.4 Å². The summed E-state index contributed by atoms with van der Waals surface area (Å²) in [6.45, 7) is -0.0379. The Balaban J connectivity index is 2.06. The Morgan fingerprint density at radius 1 is 1.19 bits per heavy atom. The molecule has 0 aliphatic carbocycles. The van der Waals surface area contributed by atoms with E-state index in [9.17, 15) is 9.59 Å². The molecule has 1 aromatic heterocycles. The summed E-state index contributed by atoms with van der Waals surface area (Å²) in [4.78, 5) is 31.0. The average molecular weight is 404 g/mol. The van der Waals surface area contributed by atoms with Gasteiger partial charge in [0.2, 0.25) is 0 Å². The van der Waals surface area contributed by atoms with Gasteiger partial charge in [0.1, 0.15) is 6.54 Å². The van der Waals surface area contributed by atoms with E-state index >= 15 is 0 Å². The van der Waals surface area contributed by atoms with Crippen LogP contribution in [0, 0.1) is 0 Å². The molecule has 0 unspecified atom stereocenters. The summed E-state index contributed by atoms with van der Waals surface area (Å²) in [7, 11) is 5.18. The number of hydrogen-bond acceptors (Lipinski definition) is 5. The van der Waals surface area contributed by atoms with Crippen molar-refractivity contribution in [3.8, 4) is 0 Å². The van der Waals surface area contributed by atoms with E-state index in [2.05, 4.69) is 4.99 Å². The maximum atomic E-state index is 12.6. The van der Waals surface area contributed by atoms with Crippen molar-refractivity contribution < 1.29 is 14.3 Å². The first-order valence-corrected chi connectivity index (χ1v) is 9.30. The van der Waals surface area contributed by atoms with Gasteiger partial charge in [0, 0.05) is 30.4 Å². The zero-order chi connectivity index (χ0) is 19.6. The van der Waals surface area contributed by atoms with Crippen LogP contribution in [-0.4, -0.2) is 37.6 Å². The average Bonchev–Trinajstić information content (AvgIpc) is 2.97. The third-order valence-electron chi connectivity index (χ3n) is 3.99. The van der Waals surface area contributed by atoms with Crippen LogP contribution in [0.3, 0.4) is 0 Å². The summed E-state index contributed by atoms with van der Waals surface area (Å²) < 4.78 is 7.26. The molecule has 27 heavy (non-hydrogen) atoms. The zero-order valence-corrected chi connectivity index (χ0v) is 16.7. The van der Waals surface area contributed by atoms with Crippen LogP contribution in [0.25, 0.3) is 10.2 Å². The molecule has 0 saturated heterocycles. The standard InChI is InChI=1S/C19H18ClN3O3S/c1-22(2)14-7-4-12(5-8-14)18(25)21-19-23(11-17(24)26-3)15-9-6-13(20)10-16(15)27-19/h4-10H,11H2,1-3H3. The van der Waals surface area contributed by atoms with Crippen molar-refractivity contribution in [1.29, 1.82) is 0 Å². The number of hydrogen-bond donors (Lipinski definition) is 0. The van der Waals surface area contributed by atoms with Crippen molar-refractivity contribution in [3.63, 3.8) is 0 Å². The molecule has 0 aliphatic heterocycles. The summed E-state index contributed by atoms with van der Waals surface area (Å²) in [6.07, 6.45) is 0. The first-order chi connectivity index (χ1) is 12.9. The molecule has 0 radical (unpaired) electrons. The Labute approximate surface area is 165 Å². The van der Waals surface area contributed by atoms with Crippen LogP contribution in [0.5, 0.6) is 0 Å². The summed E-state index contributed by atoms with van der Waals surface area (Å²) in [5, 5.41) is 0.575. The fraction of sp³-hybridized carbons (Fsp3) is 0.211. The summed E-state index contributed by atoms with van der Waals surface area (Å²) in [5.74, 6) is -0.801. The smallest absolute Gasteiger partial charge is 0.325 e. The van der Waals surface area contributed by atoms with Gasteiger partial charge in [0.15, 0.2) is 4.80 Å². The Bertz CT molecular complexity index is 1070. The van der Waals surface area contributed by atoms with E-state index < -0.39 is 5.97 Å². The van der Waals surface area contributed by atoms with Gasteiger partial charge in [-0.1, -0.05) is 22.9 Å². The molecule has 0 aliphatic rings. The molecule has 2 aromatic carbocycles. The van der Waals surface area contributed by atoms with Crippen molar-refractivity contribution in [2.75, 3.05) is 26.1 Å². The topological polar surface area (TPSA) is 63.9 Å². The highest BCUT2D eigenvalue weighted by atomic mass is 35.5. The van der Waals surface area contributed by atoms with E-state index in [1.54, 1.807) is 34.9 Å². The molecule has 0 atom stereocenters. The summed E-state index contributed by atoms with van der Waals surface area (Å²) in [6, 6.07) is 12.5. The Kier molecular flexibility index (Phi) is 5.62. The highest BCUT2D eigenvalue weighted by molar-refractivity contribution is 7.16. The number of aromatic nitrogens is 1. The maximum Gasteiger partial charge on any atom is 0.325 e. The number of carbonyl (C=O) groups excluding carboxylic acids is 2. The zero-order valence-electron chi connectivity index (χ0n) is 15.1. The highest BCUT2D eigenvalue weighted by Gasteiger charge is 2.13. The van der Waals surface area contributed by atoms with Gasteiger partial charge < -0.3 is 14.2 Å². The van der Waals surface area contributed by atoms with Gasteiger partial charge in [-0.15, -0.1) is 0 Å². The number of esters is 1. The lowest BCUT2D eigenvalue weighted by atomic mass is 10.2. The Morgan fingerprint density at radius 2 is 1.89 bits per heavy atom. The molecular formula is C19H18ClN3O3S. The van der Waals surface area contributed by atoms with Crippen molar-refractivity contribution >= 4 is 50.7 Å². The van der Waals surface area contributed by atoms with Crippen LogP contribution >= 0.6 is 22.9 Å². The largest absolute Gasteiger partial charge is 0.468 e. The normalized spacial score (nSPS) is 11.6. The monoisotopic (exact) mass is 403 g/mol. The molecule has 1 amide bonds. The Hall–Kier alpha value is -2.64. The third-order valence-corrected chi connectivity index (χ3v) is 5.26. The Morgan fingerprint density at radius 3 is 2.52 bits per heavy atom. The van der Waals surface area contributed by atoms with E-state index in [4.69, 9.17) is 16.3 Å². The molecule has 3 rings (SSSR count). The fourth-order valence-corrected chi connectivity index (χ4v) is 3.84. The minimum absolute atomic E-state index is 0.0379. The number of halogens is 1.